The van der Waals surface area contributed by atoms with Crippen molar-refractivity contribution in [1.82, 2.24) is 0 Å². The molecule has 3 N–H and O–H groups in total. The third-order valence-corrected chi connectivity index (χ3v) is 4.38. The van der Waals surface area contributed by atoms with Gasteiger partial charge in [-0.15, -0.1) is 0 Å². The summed E-state index contributed by atoms with van der Waals surface area (Å²) in [5, 5.41) is 3.09. The Hall–Kier alpha value is -1.75. The third kappa shape index (κ3) is 3.47. The van der Waals surface area contributed by atoms with Crippen molar-refractivity contribution in [3.63, 3.8) is 0 Å². The molecule has 2 heterocycles. The minimum atomic E-state index is 0.462. The van der Waals surface area contributed by atoms with Crippen LogP contribution in [0, 0.1) is 5.92 Å². The zero-order valence-corrected chi connectivity index (χ0v) is 12.4. The van der Waals surface area contributed by atoms with Crippen LogP contribution in [0.25, 0.3) is 0 Å². The molecule has 5 heteroatoms. The molecule has 0 radical (unpaired) electrons. The van der Waals surface area contributed by atoms with E-state index in [1.807, 2.05) is 24.3 Å². The lowest BCUT2D eigenvalue weighted by atomic mass is 9.87. The normalized spacial score (nSPS) is 27.9. The molecule has 2 fully saturated rings. The molecule has 0 aliphatic carbocycles. The number of methoxy groups -OCH3 is 1. The summed E-state index contributed by atoms with van der Waals surface area (Å²) in [6.07, 6.45) is 5.71. The number of benzene rings is 1. The van der Waals surface area contributed by atoms with Crippen LogP contribution in [0.15, 0.2) is 29.3 Å². The van der Waals surface area contributed by atoms with E-state index in [9.17, 15) is 0 Å². The molecule has 3 rings (SSSR count). The molecule has 2 aliphatic rings. The van der Waals surface area contributed by atoms with E-state index in [-0.39, 0.29) is 0 Å². The van der Waals surface area contributed by atoms with E-state index in [1.165, 1.54) is 19.3 Å². The van der Waals surface area contributed by atoms with Crippen molar-refractivity contribution in [2.24, 2.45) is 16.6 Å². The lowest BCUT2D eigenvalue weighted by Gasteiger charge is -2.17. The van der Waals surface area contributed by atoms with Crippen LogP contribution in [0.5, 0.6) is 5.75 Å². The summed E-state index contributed by atoms with van der Waals surface area (Å²) in [5.74, 6) is 1.96. The van der Waals surface area contributed by atoms with Gasteiger partial charge in [0.25, 0.3) is 0 Å². The summed E-state index contributed by atoms with van der Waals surface area (Å²) in [4.78, 5) is 4.41. The summed E-state index contributed by atoms with van der Waals surface area (Å²) in [7, 11) is 1.65. The smallest absolute Gasteiger partial charge is 0.193 e. The molecule has 21 heavy (non-hydrogen) atoms. The van der Waals surface area contributed by atoms with Crippen LogP contribution < -0.4 is 15.8 Å². The van der Waals surface area contributed by atoms with Gasteiger partial charge in [-0.3, -0.25) is 4.99 Å². The summed E-state index contributed by atoms with van der Waals surface area (Å²) in [5.41, 5.74) is 6.83. The average molecular weight is 289 g/mol. The maximum absolute atomic E-state index is 5.91. The van der Waals surface area contributed by atoms with E-state index < -0.39 is 0 Å². The number of ether oxygens (including phenoxy) is 2. The van der Waals surface area contributed by atoms with Gasteiger partial charge >= 0.3 is 0 Å². The fraction of sp³-hybridized carbons (Fsp3) is 0.562. The molecular weight excluding hydrogens is 266 g/mol. The minimum absolute atomic E-state index is 0.462. The van der Waals surface area contributed by atoms with E-state index in [4.69, 9.17) is 15.2 Å². The van der Waals surface area contributed by atoms with Crippen molar-refractivity contribution in [1.29, 1.82) is 0 Å². The fourth-order valence-electron chi connectivity index (χ4n) is 3.26. The first-order chi connectivity index (χ1) is 10.2. The molecule has 0 spiro atoms. The molecular formula is C16H23N3O2. The zero-order chi connectivity index (χ0) is 14.7. The van der Waals surface area contributed by atoms with E-state index in [0.717, 1.165) is 24.4 Å². The van der Waals surface area contributed by atoms with Crippen molar-refractivity contribution < 1.29 is 9.47 Å². The first-order valence-electron chi connectivity index (χ1n) is 7.61. The van der Waals surface area contributed by atoms with Gasteiger partial charge < -0.3 is 20.5 Å². The average Bonchev–Trinajstić information content (AvgIpc) is 3.11. The summed E-state index contributed by atoms with van der Waals surface area (Å²) < 4.78 is 11.0. The van der Waals surface area contributed by atoms with Crippen LogP contribution in [-0.4, -0.2) is 31.8 Å². The van der Waals surface area contributed by atoms with Crippen LogP contribution in [0.3, 0.4) is 0 Å². The number of guanidine groups is 1. The monoisotopic (exact) mass is 289 g/mol. The second-order valence-electron chi connectivity index (χ2n) is 5.78. The topological polar surface area (TPSA) is 68.9 Å². The number of anilines is 1. The second kappa shape index (κ2) is 6.35. The Bertz CT molecular complexity index is 501. The molecule has 2 aliphatic heterocycles. The SMILES string of the molecule is COc1ccc(NC(N)=NCCC2CC3CCC2O3)cc1. The second-order valence-corrected chi connectivity index (χ2v) is 5.78. The van der Waals surface area contributed by atoms with Gasteiger partial charge in [0.1, 0.15) is 5.75 Å². The maximum Gasteiger partial charge on any atom is 0.193 e. The Balaban J connectivity index is 1.45. The van der Waals surface area contributed by atoms with Crippen LogP contribution in [0.1, 0.15) is 25.7 Å². The number of hydrogen-bond donors (Lipinski definition) is 2. The molecule has 0 aromatic heterocycles. The standard InChI is InChI=1S/C16H23N3O2/c1-20-13-4-2-12(3-5-13)19-16(17)18-9-8-11-10-14-6-7-15(11)21-14/h2-5,11,14-15H,6-10H2,1H3,(H3,17,18,19). The largest absolute Gasteiger partial charge is 0.497 e. The quantitative estimate of drug-likeness (QED) is 0.645. The van der Waals surface area contributed by atoms with Crippen molar-refractivity contribution in [3.05, 3.63) is 24.3 Å². The molecule has 2 bridgehead atoms. The fourth-order valence-corrected chi connectivity index (χ4v) is 3.26. The lowest BCUT2D eigenvalue weighted by Crippen LogP contribution is -2.24. The van der Waals surface area contributed by atoms with Crippen molar-refractivity contribution in [2.75, 3.05) is 19.0 Å². The minimum Gasteiger partial charge on any atom is -0.497 e. The Kier molecular flexibility index (Phi) is 4.29. The van der Waals surface area contributed by atoms with Gasteiger partial charge in [-0.05, 0) is 55.9 Å². The third-order valence-electron chi connectivity index (χ3n) is 4.38. The molecule has 5 nitrogen and oxygen atoms in total. The van der Waals surface area contributed by atoms with Crippen LogP contribution in [-0.2, 0) is 4.74 Å². The zero-order valence-electron chi connectivity index (χ0n) is 12.4. The van der Waals surface area contributed by atoms with E-state index >= 15 is 0 Å². The summed E-state index contributed by atoms with van der Waals surface area (Å²) in [6.45, 7) is 0.756. The Morgan fingerprint density at radius 2 is 2.19 bits per heavy atom. The Morgan fingerprint density at radius 3 is 2.81 bits per heavy atom. The van der Waals surface area contributed by atoms with E-state index in [1.54, 1.807) is 7.11 Å². The Labute approximate surface area is 125 Å². The Morgan fingerprint density at radius 1 is 1.38 bits per heavy atom. The van der Waals surface area contributed by atoms with Gasteiger partial charge in [0.2, 0.25) is 0 Å². The number of aliphatic imine (C=N–C) groups is 1. The molecule has 1 aromatic carbocycles. The summed E-state index contributed by atoms with van der Waals surface area (Å²) in [6, 6.07) is 7.63. The van der Waals surface area contributed by atoms with Crippen molar-refractivity contribution in [2.45, 2.75) is 37.9 Å². The van der Waals surface area contributed by atoms with Gasteiger partial charge in [-0.25, -0.2) is 0 Å². The first-order valence-corrected chi connectivity index (χ1v) is 7.61. The van der Waals surface area contributed by atoms with Crippen LogP contribution >= 0.6 is 0 Å². The summed E-state index contributed by atoms with van der Waals surface area (Å²) >= 11 is 0. The van der Waals surface area contributed by atoms with Crippen LogP contribution in [0.2, 0.25) is 0 Å². The van der Waals surface area contributed by atoms with Crippen molar-refractivity contribution in [3.8, 4) is 5.75 Å². The highest BCUT2D eigenvalue weighted by molar-refractivity contribution is 5.92. The van der Waals surface area contributed by atoms with Crippen molar-refractivity contribution >= 4 is 11.6 Å². The number of rotatable bonds is 5. The van der Waals surface area contributed by atoms with Gasteiger partial charge in [0, 0.05) is 12.2 Å². The predicted octanol–water partition coefficient (Wildman–Crippen LogP) is 2.38. The molecule has 2 saturated heterocycles. The number of nitrogens with zero attached hydrogens (tertiary/aromatic N) is 1. The first kappa shape index (κ1) is 14.2. The highest BCUT2D eigenvalue weighted by Crippen LogP contribution is 2.40. The number of nitrogens with two attached hydrogens (primary N) is 1. The van der Waals surface area contributed by atoms with E-state index in [2.05, 4.69) is 10.3 Å². The molecule has 3 atom stereocenters. The predicted molar refractivity (Wildman–Crippen MR) is 83.7 cm³/mol. The molecule has 0 amide bonds. The number of fused-ring (bicyclic) bond motifs is 2. The lowest BCUT2D eigenvalue weighted by molar-refractivity contribution is 0.0917. The molecule has 0 saturated carbocycles. The molecule has 1 aromatic rings. The van der Waals surface area contributed by atoms with Gasteiger partial charge in [0.15, 0.2) is 5.96 Å². The maximum atomic E-state index is 5.91. The van der Waals surface area contributed by atoms with Gasteiger partial charge in [0.05, 0.1) is 19.3 Å². The van der Waals surface area contributed by atoms with Gasteiger partial charge in [-0.1, -0.05) is 0 Å². The highest BCUT2D eigenvalue weighted by Gasteiger charge is 2.39. The molecule has 3 unspecified atom stereocenters. The highest BCUT2D eigenvalue weighted by atomic mass is 16.5. The van der Waals surface area contributed by atoms with Gasteiger partial charge in [-0.2, -0.15) is 0 Å². The molecule has 114 valence electrons. The number of nitrogens with one attached hydrogen (secondary N) is 1. The number of hydrogen-bond acceptors (Lipinski definition) is 3. The van der Waals surface area contributed by atoms with Crippen LogP contribution in [0.4, 0.5) is 5.69 Å². The van der Waals surface area contributed by atoms with E-state index in [0.29, 0.717) is 24.1 Å².